The van der Waals surface area contributed by atoms with E-state index in [1.165, 1.54) is 0 Å². The molecule has 0 spiro atoms. The zero-order valence-corrected chi connectivity index (χ0v) is 15.0. The Morgan fingerprint density at radius 2 is 1.87 bits per heavy atom. The molecule has 1 rings (SSSR count). The molecule has 0 saturated heterocycles. The first kappa shape index (κ1) is 19.6. The van der Waals surface area contributed by atoms with E-state index < -0.39 is 11.7 Å². The third-order valence-corrected chi connectivity index (χ3v) is 3.35. The van der Waals surface area contributed by atoms with Gasteiger partial charge in [-0.05, 0) is 44.9 Å². The number of alkyl carbamates (subject to hydrolysis) is 1. The smallest absolute Gasteiger partial charge is 0.407 e. The van der Waals surface area contributed by atoms with Crippen LogP contribution in [-0.2, 0) is 20.9 Å². The van der Waals surface area contributed by atoms with Gasteiger partial charge < -0.3 is 14.8 Å². The molecule has 0 aliphatic carbocycles. The lowest BCUT2D eigenvalue weighted by Gasteiger charge is -2.19. The highest BCUT2D eigenvalue weighted by Gasteiger charge is 2.15. The Hall–Kier alpha value is -1.46. The summed E-state index contributed by atoms with van der Waals surface area (Å²) in [5.41, 5.74) is 0.225. The van der Waals surface area contributed by atoms with E-state index in [1.807, 2.05) is 0 Å². The second kappa shape index (κ2) is 8.99. The van der Waals surface area contributed by atoms with Crippen molar-refractivity contribution in [1.82, 2.24) is 5.32 Å². The SMILES string of the molecule is CC(C)(C)OC(=O)NCCCC(=O)OCc1ccc(Cl)c(Cl)c1. The summed E-state index contributed by atoms with van der Waals surface area (Å²) in [6, 6.07) is 5.05. The molecule has 0 unspecified atom stereocenters. The summed E-state index contributed by atoms with van der Waals surface area (Å²) < 4.78 is 10.2. The van der Waals surface area contributed by atoms with Crippen molar-refractivity contribution in [2.75, 3.05) is 6.54 Å². The molecule has 0 heterocycles. The van der Waals surface area contributed by atoms with Crippen LogP contribution in [0.25, 0.3) is 0 Å². The molecular formula is C16H21Cl2NO4. The molecule has 1 amide bonds. The zero-order valence-electron chi connectivity index (χ0n) is 13.4. The maximum Gasteiger partial charge on any atom is 0.407 e. The van der Waals surface area contributed by atoms with Crippen LogP contribution in [0.1, 0.15) is 39.2 Å². The van der Waals surface area contributed by atoms with E-state index in [4.69, 9.17) is 32.7 Å². The van der Waals surface area contributed by atoms with Gasteiger partial charge in [0.25, 0.3) is 0 Å². The Kier molecular flexibility index (Phi) is 7.65. The number of carbonyl (C=O) groups excluding carboxylic acids is 2. The third kappa shape index (κ3) is 8.67. The normalized spacial score (nSPS) is 11.0. The Bertz CT molecular complexity index is 556. The van der Waals surface area contributed by atoms with E-state index in [9.17, 15) is 9.59 Å². The number of halogens is 2. The van der Waals surface area contributed by atoms with Crippen LogP contribution in [0.15, 0.2) is 18.2 Å². The molecule has 23 heavy (non-hydrogen) atoms. The van der Waals surface area contributed by atoms with Gasteiger partial charge >= 0.3 is 12.1 Å². The first-order valence-electron chi connectivity index (χ1n) is 7.24. The quantitative estimate of drug-likeness (QED) is 0.604. The van der Waals surface area contributed by atoms with Crippen LogP contribution in [0.5, 0.6) is 0 Å². The molecule has 0 radical (unpaired) electrons. The fourth-order valence-corrected chi connectivity index (χ4v) is 1.92. The van der Waals surface area contributed by atoms with Crippen molar-refractivity contribution in [2.45, 2.75) is 45.8 Å². The van der Waals surface area contributed by atoms with Crippen LogP contribution in [0.2, 0.25) is 10.0 Å². The average Bonchev–Trinajstić information content (AvgIpc) is 2.43. The average molecular weight is 362 g/mol. The van der Waals surface area contributed by atoms with Gasteiger partial charge in [0, 0.05) is 13.0 Å². The predicted molar refractivity (Wildman–Crippen MR) is 89.7 cm³/mol. The van der Waals surface area contributed by atoms with Gasteiger partial charge in [0.1, 0.15) is 12.2 Å². The van der Waals surface area contributed by atoms with Gasteiger partial charge in [-0.2, -0.15) is 0 Å². The first-order valence-corrected chi connectivity index (χ1v) is 7.99. The molecule has 0 bridgehead atoms. The highest BCUT2D eigenvalue weighted by Crippen LogP contribution is 2.22. The van der Waals surface area contributed by atoms with E-state index in [1.54, 1.807) is 39.0 Å². The lowest BCUT2D eigenvalue weighted by atomic mass is 10.2. The second-order valence-electron chi connectivity index (χ2n) is 5.94. The van der Waals surface area contributed by atoms with E-state index in [-0.39, 0.29) is 19.0 Å². The lowest BCUT2D eigenvalue weighted by molar-refractivity contribution is -0.145. The summed E-state index contributed by atoms with van der Waals surface area (Å²) in [4.78, 5) is 23.0. The third-order valence-electron chi connectivity index (χ3n) is 2.61. The minimum absolute atomic E-state index is 0.134. The lowest BCUT2D eigenvalue weighted by Crippen LogP contribution is -2.33. The van der Waals surface area contributed by atoms with Gasteiger partial charge in [0.15, 0.2) is 0 Å². The molecule has 128 valence electrons. The Morgan fingerprint density at radius 1 is 1.17 bits per heavy atom. The van der Waals surface area contributed by atoms with Crippen LogP contribution in [0.4, 0.5) is 4.79 Å². The number of carbonyl (C=O) groups is 2. The van der Waals surface area contributed by atoms with Crippen LogP contribution in [-0.4, -0.2) is 24.2 Å². The number of nitrogens with one attached hydrogen (secondary N) is 1. The summed E-state index contributed by atoms with van der Waals surface area (Å²) in [6.45, 7) is 5.83. The maximum absolute atomic E-state index is 11.6. The van der Waals surface area contributed by atoms with Crippen molar-refractivity contribution in [3.63, 3.8) is 0 Å². The fraction of sp³-hybridized carbons (Fsp3) is 0.500. The fourth-order valence-electron chi connectivity index (χ4n) is 1.60. The van der Waals surface area contributed by atoms with Crippen LogP contribution in [0, 0.1) is 0 Å². The van der Waals surface area contributed by atoms with Crippen molar-refractivity contribution >= 4 is 35.3 Å². The van der Waals surface area contributed by atoms with Crippen LogP contribution in [0.3, 0.4) is 0 Å². The molecule has 1 aromatic rings. The van der Waals surface area contributed by atoms with Gasteiger partial charge in [0.05, 0.1) is 10.0 Å². The summed E-state index contributed by atoms with van der Waals surface area (Å²) in [5.74, 6) is -0.345. The van der Waals surface area contributed by atoms with E-state index in [0.717, 1.165) is 5.56 Å². The van der Waals surface area contributed by atoms with Gasteiger partial charge in [-0.15, -0.1) is 0 Å². The number of ether oxygens (including phenoxy) is 2. The molecule has 0 fully saturated rings. The minimum atomic E-state index is -0.539. The van der Waals surface area contributed by atoms with Gasteiger partial charge in [-0.3, -0.25) is 4.79 Å². The molecular weight excluding hydrogens is 341 g/mol. The summed E-state index contributed by atoms with van der Waals surface area (Å²) in [6.07, 6.45) is 0.179. The van der Waals surface area contributed by atoms with Crippen molar-refractivity contribution in [2.24, 2.45) is 0 Å². The van der Waals surface area contributed by atoms with Gasteiger partial charge in [-0.1, -0.05) is 29.3 Å². The van der Waals surface area contributed by atoms with E-state index in [2.05, 4.69) is 5.32 Å². The highest BCUT2D eigenvalue weighted by molar-refractivity contribution is 6.42. The second-order valence-corrected chi connectivity index (χ2v) is 6.76. The Balaban J connectivity index is 2.19. The van der Waals surface area contributed by atoms with Crippen molar-refractivity contribution in [3.8, 4) is 0 Å². The monoisotopic (exact) mass is 361 g/mol. The topological polar surface area (TPSA) is 64.6 Å². The molecule has 7 heteroatoms. The standard InChI is InChI=1S/C16H21Cl2NO4/c1-16(2,3)23-15(21)19-8-4-5-14(20)22-10-11-6-7-12(17)13(18)9-11/h6-7,9H,4-5,8,10H2,1-3H3,(H,19,21). The highest BCUT2D eigenvalue weighted by atomic mass is 35.5. The zero-order chi connectivity index (χ0) is 17.5. The summed E-state index contributed by atoms with van der Waals surface area (Å²) in [7, 11) is 0. The van der Waals surface area contributed by atoms with Crippen LogP contribution >= 0.6 is 23.2 Å². The molecule has 1 N–H and O–H groups in total. The molecule has 0 aliphatic heterocycles. The number of hydrogen-bond donors (Lipinski definition) is 1. The van der Waals surface area contributed by atoms with Crippen molar-refractivity contribution < 1.29 is 19.1 Å². The number of hydrogen-bond acceptors (Lipinski definition) is 4. The maximum atomic E-state index is 11.6. The number of rotatable bonds is 6. The molecule has 0 atom stereocenters. The summed E-state index contributed by atoms with van der Waals surface area (Å²) >= 11 is 11.7. The number of benzene rings is 1. The van der Waals surface area contributed by atoms with Gasteiger partial charge in [-0.25, -0.2) is 4.79 Å². The van der Waals surface area contributed by atoms with E-state index in [0.29, 0.717) is 23.0 Å². The molecule has 0 aliphatic rings. The predicted octanol–water partition coefficient (Wildman–Crippen LogP) is 4.34. The largest absolute Gasteiger partial charge is 0.461 e. The minimum Gasteiger partial charge on any atom is -0.461 e. The molecule has 0 aromatic heterocycles. The molecule has 5 nitrogen and oxygen atoms in total. The first-order chi connectivity index (χ1) is 10.7. The van der Waals surface area contributed by atoms with Crippen molar-refractivity contribution in [3.05, 3.63) is 33.8 Å². The summed E-state index contributed by atoms with van der Waals surface area (Å²) in [5, 5.41) is 3.45. The van der Waals surface area contributed by atoms with Crippen LogP contribution < -0.4 is 5.32 Å². The van der Waals surface area contributed by atoms with E-state index >= 15 is 0 Å². The Labute approximate surface area is 146 Å². The van der Waals surface area contributed by atoms with Gasteiger partial charge in [0.2, 0.25) is 0 Å². The molecule has 1 aromatic carbocycles. The van der Waals surface area contributed by atoms with Crippen molar-refractivity contribution in [1.29, 1.82) is 0 Å². The number of esters is 1. The molecule has 0 saturated carbocycles. The number of amides is 1. The Morgan fingerprint density at radius 3 is 2.48 bits per heavy atom.